The third kappa shape index (κ3) is 3.35. The molecule has 0 unspecified atom stereocenters. The minimum absolute atomic E-state index is 0.658. The summed E-state index contributed by atoms with van der Waals surface area (Å²) in [6.45, 7) is 7.81. The normalized spacial score (nSPS) is 18.8. The summed E-state index contributed by atoms with van der Waals surface area (Å²) in [5.41, 5.74) is 4.30. The summed E-state index contributed by atoms with van der Waals surface area (Å²) >= 11 is 0. The van der Waals surface area contributed by atoms with Crippen molar-refractivity contribution in [2.45, 2.75) is 65.5 Å². The zero-order valence-corrected chi connectivity index (χ0v) is 12.1. The minimum Gasteiger partial charge on any atom is -0.310 e. The van der Waals surface area contributed by atoms with E-state index in [1.54, 1.807) is 0 Å². The molecule has 18 heavy (non-hydrogen) atoms. The zero-order chi connectivity index (χ0) is 13.0. The summed E-state index contributed by atoms with van der Waals surface area (Å²) in [6.07, 6.45) is 7.14. The first-order valence-electron chi connectivity index (χ1n) is 7.47. The Morgan fingerprint density at radius 3 is 2.61 bits per heavy atom. The predicted molar refractivity (Wildman–Crippen MR) is 78.8 cm³/mol. The van der Waals surface area contributed by atoms with Gasteiger partial charge in [-0.1, -0.05) is 37.5 Å². The van der Waals surface area contributed by atoms with E-state index < -0.39 is 0 Å². The number of hydrogen-bond acceptors (Lipinski definition) is 1. The van der Waals surface area contributed by atoms with Gasteiger partial charge in [-0.15, -0.1) is 0 Å². The second kappa shape index (κ2) is 6.38. The SMILES string of the molecule is Cc1cccc(CN[C@H](C)C2CCCCC2)c1C. The molecular formula is C17H27N. The van der Waals surface area contributed by atoms with Crippen LogP contribution in [-0.2, 0) is 6.54 Å². The molecule has 1 heteroatoms. The topological polar surface area (TPSA) is 12.0 Å². The van der Waals surface area contributed by atoms with Gasteiger partial charge in [-0.05, 0) is 56.2 Å². The van der Waals surface area contributed by atoms with Crippen molar-refractivity contribution in [3.63, 3.8) is 0 Å². The van der Waals surface area contributed by atoms with E-state index in [-0.39, 0.29) is 0 Å². The van der Waals surface area contributed by atoms with E-state index in [9.17, 15) is 0 Å². The van der Waals surface area contributed by atoms with Gasteiger partial charge in [0.15, 0.2) is 0 Å². The molecular weight excluding hydrogens is 218 g/mol. The summed E-state index contributed by atoms with van der Waals surface area (Å²) in [4.78, 5) is 0. The minimum atomic E-state index is 0.658. The molecule has 0 spiro atoms. The highest BCUT2D eigenvalue weighted by Crippen LogP contribution is 2.26. The van der Waals surface area contributed by atoms with Gasteiger partial charge in [0.2, 0.25) is 0 Å². The summed E-state index contributed by atoms with van der Waals surface area (Å²) in [5.74, 6) is 0.892. The van der Waals surface area contributed by atoms with Gasteiger partial charge in [0.25, 0.3) is 0 Å². The molecule has 0 amide bonds. The maximum absolute atomic E-state index is 3.74. The van der Waals surface area contributed by atoms with Crippen LogP contribution in [-0.4, -0.2) is 6.04 Å². The number of nitrogens with one attached hydrogen (secondary N) is 1. The molecule has 1 nitrogen and oxygen atoms in total. The summed E-state index contributed by atoms with van der Waals surface area (Å²) < 4.78 is 0. The van der Waals surface area contributed by atoms with Gasteiger partial charge in [-0.3, -0.25) is 0 Å². The second-order valence-electron chi connectivity index (χ2n) is 5.93. The van der Waals surface area contributed by atoms with Crippen LogP contribution in [0.15, 0.2) is 18.2 Å². The van der Waals surface area contributed by atoms with Gasteiger partial charge in [-0.2, -0.15) is 0 Å². The number of hydrogen-bond donors (Lipinski definition) is 1. The van der Waals surface area contributed by atoms with E-state index in [0.717, 1.165) is 12.5 Å². The summed E-state index contributed by atoms with van der Waals surface area (Å²) in [7, 11) is 0. The van der Waals surface area contributed by atoms with Gasteiger partial charge >= 0.3 is 0 Å². The van der Waals surface area contributed by atoms with Crippen LogP contribution in [0.1, 0.15) is 55.7 Å². The van der Waals surface area contributed by atoms with Crippen molar-refractivity contribution in [3.05, 3.63) is 34.9 Å². The van der Waals surface area contributed by atoms with Crippen molar-refractivity contribution >= 4 is 0 Å². The van der Waals surface area contributed by atoms with Crippen LogP contribution in [0.3, 0.4) is 0 Å². The Morgan fingerprint density at radius 1 is 1.17 bits per heavy atom. The van der Waals surface area contributed by atoms with Crippen LogP contribution < -0.4 is 5.32 Å². The van der Waals surface area contributed by atoms with Crippen LogP contribution in [0.25, 0.3) is 0 Å². The van der Waals surface area contributed by atoms with Gasteiger partial charge < -0.3 is 5.32 Å². The molecule has 0 saturated heterocycles. The average molecular weight is 245 g/mol. The van der Waals surface area contributed by atoms with E-state index >= 15 is 0 Å². The number of aryl methyl sites for hydroxylation is 1. The van der Waals surface area contributed by atoms with Gasteiger partial charge in [0, 0.05) is 12.6 Å². The monoisotopic (exact) mass is 245 g/mol. The molecule has 1 fully saturated rings. The van der Waals surface area contributed by atoms with Crippen molar-refractivity contribution in [3.8, 4) is 0 Å². The number of rotatable bonds is 4. The number of benzene rings is 1. The van der Waals surface area contributed by atoms with Crippen molar-refractivity contribution < 1.29 is 0 Å². The maximum atomic E-state index is 3.74. The van der Waals surface area contributed by atoms with E-state index in [1.807, 2.05) is 0 Å². The molecule has 0 bridgehead atoms. The highest BCUT2D eigenvalue weighted by Gasteiger charge is 2.19. The predicted octanol–water partition coefficient (Wildman–Crippen LogP) is 4.36. The lowest BCUT2D eigenvalue weighted by atomic mass is 9.84. The molecule has 1 aliphatic rings. The Kier molecular flexibility index (Phi) is 4.82. The van der Waals surface area contributed by atoms with Gasteiger partial charge in [0.1, 0.15) is 0 Å². The van der Waals surface area contributed by atoms with E-state index in [2.05, 4.69) is 44.3 Å². The first kappa shape index (κ1) is 13.6. The average Bonchev–Trinajstić information content (AvgIpc) is 2.41. The molecule has 0 radical (unpaired) electrons. The Hall–Kier alpha value is -0.820. The molecule has 2 rings (SSSR count). The largest absolute Gasteiger partial charge is 0.310 e. The Balaban J connectivity index is 1.88. The van der Waals surface area contributed by atoms with Crippen molar-refractivity contribution in [2.24, 2.45) is 5.92 Å². The fourth-order valence-corrected chi connectivity index (χ4v) is 3.08. The third-order valence-corrected chi connectivity index (χ3v) is 4.69. The standard InChI is InChI=1S/C17H27N/c1-13-8-7-11-17(14(13)2)12-18-15(3)16-9-5-4-6-10-16/h7-8,11,15-16,18H,4-6,9-10,12H2,1-3H3/t15-/m1/s1. The molecule has 1 aromatic carbocycles. The Labute approximate surface area is 112 Å². The molecule has 0 heterocycles. The van der Waals surface area contributed by atoms with Crippen molar-refractivity contribution in [1.29, 1.82) is 0 Å². The van der Waals surface area contributed by atoms with Crippen molar-refractivity contribution in [2.75, 3.05) is 0 Å². The zero-order valence-electron chi connectivity index (χ0n) is 12.1. The molecule has 1 saturated carbocycles. The second-order valence-corrected chi connectivity index (χ2v) is 5.93. The van der Waals surface area contributed by atoms with Crippen LogP contribution in [0, 0.1) is 19.8 Å². The first-order valence-corrected chi connectivity index (χ1v) is 7.47. The van der Waals surface area contributed by atoms with E-state index in [1.165, 1.54) is 48.8 Å². The lowest BCUT2D eigenvalue weighted by Gasteiger charge is -2.28. The molecule has 1 aliphatic carbocycles. The Morgan fingerprint density at radius 2 is 1.89 bits per heavy atom. The van der Waals surface area contributed by atoms with E-state index in [0.29, 0.717) is 6.04 Å². The molecule has 1 atom stereocenters. The highest BCUT2D eigenvalue weighted by atomic mass is 14.9. The molecule has 0 aromatic heterocycles. The van der Waals surface area contributed by atoms with Crippen LogP contribution in [0.5, 0.6) is 0 Å². The lowest BCUT2D eigenvalue weighted by molar-refractivity contribution is 0.280. The van der Waals surface area contributed by atoms with Crippen LogP contribution in [0.2, 0.25) is 0 Å². The van der Waals surface area contributed by atoms with Crippen LogP contribution in [0.4, 0.5) is 0 Å². The van der Waals surface area contributed by atoms with E-state index in [4.69, 9.17) is 0 Å². The summed E-state index contributed by atoms with van der Waals surface area (Å²) in [5, 5.41) is 3.74. The first-order chi connectivity index (χ1) is 8.68. The molecule has 1 aromatic rings. The van der Waals surface area contributed by atoms with Crippen LogP contribution >= 0.6 is 0 Å². The smallest absolute Gasteiger partial charge is 0.0210 e. The third-order valence-electron chi connectivity index (χ3n) is 4.69. The van der Waals surface area contributed by atoms with Crippen molar-refractivity contribution in [1.82, 2.24) is 5.32 Å². The highest BCUT2D eigenvalue weighted by molar-refractivity contribution is 5.32. The molecule has 100 valence electrons. The quantitative estimate of drug-likeness (QED) is 0.831. The Bertz CT molecular complexity index is 377. The van der Waals surface area contributed by atoms with Gasteiger partial charge in [0.05, 0.1) is 0 Å². The summed E-state index contributed by atoms with van der Waals surface area (Å²) in [6, 6.07) is 7.28. The molecule has 0 aliphatic heterocycles. The fourth-order valence-electron chi connectivity index (χ4n) is 3.08. The maximum Gasteiger partial charge on any atom is 0.0210 e. The fraction of sp³-hybridized carbons (Fsp3) is 0.647. The molecule has 1 N–H and O–H groups in total. The van der Waals surface area contributed by atoms with Gasteiger partial charge in [-0.25, -0.2) is 0 Å². The lowest BCUT2D eigenvalue weighted by Crippen LogP contribution is -2.34.